The number of rotatable bonds is 1. The molecule has 0 radical (unpaired) electrons. The second-order valence-corrected chi connectivity index (χ2v) is 8.43. The summed E-state index contributed by atoms with van der Waals surface area (Å²) in [4.78, 5) is 10.6. The maximum absolute atomic E-state index is 15.3. The average Bonchev–Trinajstić information content (AvgIpc) is 3.29. The lowest BCUT2D eigenvalue weighted by Crippen LogP contribution is -2.26. The van der Waals surface area contributed by atoms with Gasteiger partial charge in [-0.25, -0.2) is 13.8 Å². The molecule has 1 aliphatic rings. The standard InChI is InChI=1S/C27H17F2N7/c1-16-33-34-27-32-26(24-23(36(16)27)12-11-21(28)25(24)29)35-13-3-5-20-18(4-2-6-22(20)35)9-7-17-8-10-19(14-30)31-15-17/h2,4,6,8,10-12,15H,3,5,13H2,1H3. The fourth-order valence-electron chi connectivity index (χ4n) is 4.63. The smallest absolute Gasteiger partial charge is 0.257 e. The second kappa shape index (κ2) is 8.40. The monoisotopic (exact) mass is 477 g/mol. The minimum Gasteiger partial charge on any atom is -0.325 e. The summed E-state index contributed by atoms with van der Waals surface area (Å²) in [6.07, 6.45) is 3.13. The summed E-state index contributed by atoms with van der Waals surface area (Å²) in [6, 6.07) is 13.8. The topological polar surface area (TPSA) is 83.0 Å². The number of fused-ring (bicyclic) bond motifs is 4. The molecule has 0 saturated carbocycles. The van der Waals surface area contributed by atoms with Crippen LogP contribution in [0.25, 0.3) is 16.7 Å². The summed E-state index contributed by atoms with van der Waals surface area (Å²) in [7, 11) is 0. The van der Waals surface area contributed by atoms with Crippen molar-refractivity contribution in [1.29, 1.82) is 5.26 Å². The van der Waals surface area contributed by atoms with Crippen LogP contribution in [0.2, 0.25) is 0 Å². The molecule has 0 unspecified atom stereocenters. The third-order valence-corrected chi connectivity index (χ3v) is 6.28. The van der Waals surface area contributed by atoms with Gasteiger partial charge in [0.05, 0.1) is 10.9 Å². The number of aromatic nitrogens is 5. The third kappa shape index (κ3) is 3.41. The first-order chi connectivity index (χ1) is 17.5. The van der Waals surface area contributed by atoms with E-state index in [0.29, 0.717) is 40.7 Å². The lowest BCUT2D eigenvalue weighted by Gasteiger charge is -2.32. The molecule has 0 fully saturated rings. The molecule has 2 aromatic carbocycles. The maximum Gasteiger partial charge on any atom is 0.257 e. The molecule has 0 aliphatic carbocycles. The SMILES string of the molecule is Cc1nnc2nc(N3CCCc4c(C#Cc5ccc(C#N)nc5)cccc43)c3c(F)c(F)ccc3n12. The van der Waals surface area contributed by atoms with Crippen molar-refractivity contribution in [2.24, 2.45) is 0 Å². The van der Waals surface area contributed by atoms with Gasteiger partial charge in [0.15, 0.2) is 11.6 Å². The summed E-state index contributed by atoms with van der Waals surface area (Å²) in [5.41, 5.74) is 4.14. The van der Waals surface area contributed by atoms with Gasteiger partial charge in [0.1, 0.15) is 23.4 Å². The molecule has 7 nitrogen and oxygen atoms in total. The van der Waals surface area contributed by atoms with Gasteiger partial charge in [0, 0.05) is 29.6 Å². The van der Waals surface area contributed by atoms with Crippen molar-refractivity contribution in [2.75, 3.05) is 11.4 Å². The van der Waals surface area contributed by atoms with Gasteiger partial charge >= 0.3 is 0 Å². The summed E-state index contributed by atoms with van der Waals surface area (Å²) < 4.78 is 31.3. The van der Waals surface area contributed by atoms with Crippen molar-refractivity contribution >= 4 is 28.2 Å². The van der Waals surface area contributed by atoms with E-state index in [9.17, 15) is 4.39 Å². The molecule has 9 heteroatoms. The van der Waals surface area contributed by atoms with Gasteiger partial charge in [0.2, 0.25) is 0 Å². The largest absolute Gasteiger partial charge is 0.325 e. The van der Waals surface area contributed by atoms with Crippen molar-refractivity contribution in [3.8, 4) is 17.9 Å². The Morgan fingerprint density at radius 3 is 2.72 bits per heavy atom. The molecule has 4 heterocycles. The van der Waals surface area contributed by atoms with Gasteiger partial charge in [0.25, 0.3) is 5.78 Å². The van der Waals surface area contributed by atoms with E-state index in [-0.39, 0.29) is 5.39 Å². The van der Waals surface area contributed by atoms with E-state index in [4.69, 9.17) is 5.26 Å². The Morgan fingerprint density at radius 1 is 1.03 bits per heavy atom. The highest BCUT2D eigenvalue weighted by molar-refractivity contribution is 5.94. The van der Waals surface area contributed by atoms with Crippen LogP contribution in [0.5, 0.6) is 0 Å². The summed E-state index contributed by atoms with van der Waals surface area (Å²) >= 11 is 0. The molecule has 1 aliphatic heterocycles. The number of nitriles is 1. The van der Waals surface area contributed by atoms with Gasteiger partial charge in [-0.15, -0.1) is 10.2 Å². The molecule has 3 aromatic heterocycles. The molecule has 36 heavy (non-hydrogen) atoms. The predicted molar refractivity (Wildman–Crippen MR) is 130 cm³/mol. The van der Waals surface area contributed by atoms with Crippen LogP contribution >= 0.6 is 0 Å². The van der Waals surface area contributed by atoms with Crippen LogP contribution in [0.4, 0.5) is 20.3 Å². The Balaban J connectivity index is 1.51. The first-order valence-electron chi connectivity index (χ1n) is 11.3. The first-order valence-corrected chi connectivity index (χ1v) is 11.3. The minimum atomic E-state index is -0.957. The highest BCUT2D eigenvalue weighted by atomic mass is 19.2. The number of nitrogens with zero attached hydrogens (tertiary/aromatic N) is 7. The Bertz CT molecular complexity index is 1770. The van der Waals surface area contributed by atoms with Crippen LogP contribution in [-0.4, -0.2) is 31.1 Å². The van der Waals surface area contributed by atoms with E-state index in [1.165, 1.54) is 6.07 Å². The predicted octanol–water partition coefficient (Wildman–Crippen LogP) is 4.61. The number of benzene rings is 2. The van der Waals surface area contributed by atoms with Gasteiger partial charge in [-0.2, -0.15) is 10.2 Å². The molecule has 174 valence electrons. The fraction of sp³-hybridized carbons (Fsp3) is 0.148. The minimum absolute atomic E-state index is 0.0818. The quantitative estimate of drug-likeness (QED) is 0.328. The molecular formula is C27H17F2N7. The van der Waals surface area contributed by atoms with E-state index < -0.39 is 11.6 Å². The molecule has 0 bridgehead atoms. The lowest BCUT2D eigenvalue weighted by atomic mass is 9.96. The van der Waals surface area contributed by atoms with Crippen molar-refractivity contribution in [1.82, 2.24) is 24.6 Å². The summed E-state index contributed by atoms with van der Waals surface area (Å²) in [6.45, 7) is 2.32. The van der Waals surface area contributed by atoms with Crippen molar-refractivity contribution < 1.29 is 8.78 Å². The van der Waals surface area contributed by atoms with Crippen LogP contribution < -0.4 is 4.90 Å². The number of pyridine rings is 1. The molecule has 0 saturated heterocycles. The molecular weight excluding hydrogens is 460 g/mol. The molecule has 0 amide bonds. The van der Waals surface area contributed by atoms with Gasteiger partial charge in [-0.3, -0.25) is 4.40 Å². The molecule has 6 rings (SSSR count). The zero-order valence-corrected chi connectivity index (χ0v) is 19.1. The highest BCUT2D eigenvalue weighted by Crippen LogP contribution is 2.39. The van der Waals surface area contributed by atoms with Gasteiger partial charge in [-0.1, -0.05) is 17.9 Å². The van der Waals surface area contributed by atoms with Crippen LogP contribution in [0.3, 0.4) is 0 Å². The van der Waals surface area contributed by atoms with Gasteiger partial charge in [-0.05, 0) is 61.7 Å². The van der Waals surface area contributed by atoms with E-state index in [1.54, 1.807) is 29.7 Å². The van der Waals surface area contributed by atoms with Crippen LogP contribution in [0.1, 0.15) is 34.6 Å². The molecule has 0 N–H and O–H groups in total. The normalized spacial score (nSPS) is 12.8. The van der Waals surface area contributed by atoms with Crippen LogP contribution in [0, 0.1) is 41.7 Å². The van der Waals surface area contributed by atoms with Crippen molar-refractivity contribution in [2.45, 2.75) is 19.8 Å². The van der Waals surface area contributed by atoms with Crippen LogP contribution in [0.15, 0.2) is 48.7 Å². The summed E-state index contributed by atoms with van der Waals surface area (Å²) in [5, 5.41) is 17.2. The van der Waals surface area contributed by atoms with Gasteiger partial charge < -0.3 is 4.90 Å². The number of halogens is 2. The molecule has 5 aromatic rings. The first kappa shape index (κ1) is 21.6. The molecule has 0 spiro atoms. The fourth-order valence-corrected chi connectivity index (χ4v) is 4.63. The highest BCUT2D eigenvalue weighted by Gasteiger charge is 2.27. The van der Waals surface area contributed by atoms with Crippen molar-refractivity contribution in [3.63, 3.8) is 0 Å². The lowest BCUT2D eigenvalue weighted by molar-refractivity contribution is 0.516. The van der Waals surface area contributed by atoms with Crippen molar-refractivity contribution in [3.05, 3.63) is 88.5 Å². The third-order valence-electron chi connectivity index (χ3n) is 6.28. The zero-order valence-electron chi connectivity index (χ0n) is 19.1. The van der Waals surface area contributed by atoms with E-state index in [0.717, 1.165) is 35.7 Å². The van der Waals surface area contributed by atoms with E-state index in [2.05, 4.69) is 32.0 Å². The average molecular weight is 477 g/mol. The number of hydrogen-bond donors (Lipinski definition) is 0. The zero-order chi connectivity index (χ0) is 24.8. The summed E-state index contributed by atoms with van der Waals surface area (Å²) in [5.74, 6) is 5.56. The Kier molecular flexibility index (Phi) is 5.05. The van der Waals surface area contributed by atoms with E-state index >= 15 is 4.39 Å². The Labute approximate surface area is 204 Å². The second-order valence-electron chi connectivity index (χ2n) is 8.43. The molecule has 0 atom stereocenters. The van der Waals surface area contributed by atoms with Crippen LogP contribution in [-0.2, 0) is 6.42 Å². The Morgan fingerprint density at radius 2 is 1.92 bits per heavy atom. The number of aryl methyl sites for hydroxylation is 1. The Hall–Kier alpha value is -4.89. The number of hydrogen-bond acceptors (Lipinski definition) is 6. The number of anilines is 2. The van der Waals surface area contributed by atoms with E-state index in [1.807, 2.05) is 29.2 Å². The maximum atomic E-state index is 15.3.